The summed E-state index contributed by atoms with van der Waals surface area (Å²) in [6.45, 7) is 1.83. The Hall–Kier alpha value is -2.43. The zero-order chi connectivity index (χ0) is 12.3. The highest BCUT2D eigenvalue weighted by Crippen LogP contribution is 2.09. The number of aromatic nitrogens is 2. The van der Waals surface area contributed by atoms with Gasteiger partial charge in [0.15, 0.2) is 6.20 Å². The molecule has 0 aliphatic rings. The van der Waals surface area contributed by atoms with Gasteiger partial charge >= 0.3 is 5.91 Å². The number of hydrogen-bond donors (Lipinski definition) is 1. The van der Waals surface area contributed by atoms with Crippen LogP contribution in [-0.2, 0) is 0 Å². The number of hydrogen-bond acceptors (Lipinski definition) is 3. The molecule has 0 unspecified atom stereocenters. The van der Waals surface area contributed by atoms with Gasteiger partial charge in [-0.1, -0.05) is 6.07 Å². The van der Waals surface area contributed by atoms with Crippen LogP contribution in [0.1, 0.15) is 16.1 Å². The first-order valence-electron chi connectivity index (χ1n) is 5.09. The summed E-state index contributed by atoms with van der Waals surface area (Å²) < 4.78 is 0.521. The second-order valence-electron chi connectivity index (χ2n) is 3.53. The van der Waals surface area contributed by atoms with Gasteiger partial charge in [0.05, 0.1) is 0 Å². The normalized spacial score (nSPS) is 9.94. The van der Waals surface area contributed by atoms with Crippen molar-refractivity contribution in [3.63, 3.8) is 0 Å². The molecule has 86 valence electrons. The van der Waals surface area contributed by atoms with E-state index in [1.165, 1.54) is 12.3 Å². The molecule has 1 amide bonds. The van der Waals surface area contributed by atoms with Gasteiger partial charge in [0.1, 0.15) is 5.82 Å². The zero-order valence-corrected chi connectivity index (χ0v) is 9.25. The lowest BCUT2D eigenvalue weighted by atomic mass is 10.3. The number of aryl methyl sites for hydroxylation is 1. The van der Waals surface area contributed by atoms with E-state index in [1.807, 2.05) is 13.0 Å². The van der Waals surface area contributed by atoms with Gasteiger partial charge in [-0.15, -0.1) is 0 Å². The molecule has 0 saturated heterocycles. The fraction of sp³-hybridized carbons (Fsp3) is 0.0833. The lowest BCUT2D eigenvalue weighted by Crippen LogP contribution is -2.36. The zero-order valence-electron chi connectivity index (χ0n) is 9.25. The average molecular weight is 229 g/mol. The van der Waals surface area contributed by atoms with Crippen molar-refractivity contribution in [2.75, 3.05) is 5.32 Å². The van der Waals surface area contributed by atoms with Crippen molar-refractivity contribution < 1.29 is 9.52 Å². The third kappa shape index (κ3) is 2.39. The van der Waals surface area contributed by atoms with Gasteiger partial charge in [-0.3, -0.25) is 4.79 Å². The van der Waals surface area contributed by atoms with E-state index in [-0.39, 0.29) is 5.69 Å². The first-order chi connectivity index (χ1) is 8.18. The number of amides is 1. The first-order valence-corrected chi connectivity index (χ1v) is 5.09. The van der Waals surface area contributed by atoms with Crippen LogP contribution in [0, 0.1) is 12.1 Å². The highest BCUT2D eigenvalue weighted by atomic mass is 16.5. The molecule has 0 radical (unpaired) electrons. The van der Waals surface area contributed by atoms with E-state index in [0.29, 0.717) is 10.5 Å². The predicted molar refractivity (Wildman–Crippen MR) is 62.3 cm³/mol. The maximum Gasteiger partial charge on any atom is 0.322 e. The molecule has 0 spiro atoms. The van der Waals surface area contributed by atoms with E-state index in [9.17, 15) is 10.0 Å². The number of carbonyl (C=O) groups excluding carboxylic acids is 1. The summed E-state index contributed by atoms with van der Waals surface area (Å²) in [5, 5.41) is 14.0. The number of pyridine rings is 2. The quantitative estimate of drug-likeness (QED) is 0.623. The number of anilines is 1. The van der Waals surface area contributed by atoms with Crippen molar-refractivity contribution in [3.05, 3.63) is 59.2 Å². The Bertz CT molecular complexity index is 555. The molecule has 0 aliphatic carbocycles. The molecule has 2 heterocycles. The van der Waals surface area contributed by atoms with E-state index >= 15 is 0 Å². The molecule has 17 heavy (non-hydrogen) atoms. The number of carbonyl (C=O) groups is 1. The highest BCUT2D eigenvalue weighted by molar-refractivity contribution is 6.01. The Balaban J connectivity index is 2.24. The predicted octanol–water partition coefficient (Wildman–Crippen LogP) is 1.28. The Morgan fingerprint density at radius 1 is 1.35 bits per heavy atom. The van der Waals surface area contributed by atoms with Gasteiger partial charge in [0, 0.05) is 18.3 Å². The van der Waals surface area contributed by atoms with Crippen LogP contribution in [0.25, 0.3) is 0 Å². The summed E-state index contributed by atoms with van der Waals surface area (Å²) in [5.41, 5.74) is 0.881. The van der Waals surface area contributed by atoms with Crippen LogP contribution < -0.4 is 10.0 Å². The molecule has 0 aromatic carbocycles. The number of rotatable bonds is 2. The van der Waals surface area contributed by atoms with Crippen molar-refractivity contribution >= 4 is 11.7 Å². The van der Waals surface area contributed by atoms with Crippen molar-refractivity contribution in [1.82, 2.24) is 4.98 Å². The fourth-order valence-electron chi connectivity index (χ4n) is 1.39. The Labute approximate surface area is 98.3 Å². The first kappa shape index (κ1) is 11.1. The van der Waals surface area contributed by atoms with Crippen LogP contribution >= 0.6 is 0 Å². The monoisotopic (exact) mass is 229 g/mol. The third-order valence-electron chi connectivity index (χ3n) is 2.30. The molecule has 2 rings (SSSR count). The summed E-state index contributed by atoms with van der Waals surface area (Å²) in [4.78, 5) is 15.8. The minimum Gasteiger partial charge on any atom is -0.618 e. The van der Waals surface area contributed by atoms with Gasteiger partial charge in [0.25, 0.3) is 5.69 Å². The number of nitrogens with zero attached hydrogens (tertiary/aromatic N) is 2. The Kier molecular flexibility index (Phi) is 3.00. The van der Waals surface area contributed by atoms with Crippen LogP contribution in [0.4, 0.5) is 5.82 Å². The standard InChI is InChI=1S/C12H11N3O2/c1-9-5-4-7-13-11(9)14-12(16)10-6-2-3-8-15(10)17/h2-8H,1H3,(H,13,14,16). The molecule has 2 aromatic heterocycles. The Morgan fingerprint density at radius 3 is 2.88 bits per heavy atom. The molecule has 0 saturated carbocycles. The molecular formula is C12H11N3O2. The fourth-order valence-corrected chi connectivity index (χ4v) is 1.39. The molecule has 0 atom stereocenters. The molecule has 2 aromatic rings. The lowest BCUT2D eigenvalue weighted by molar-refractivity contribution is -0.607. The minimum absolute atomic E-state index is 0.0394. The SMILES string of the molecule is Cc1cccnc1NC(=O)c1cccc[n+]1[O-]. The lowest BCUT2D eigenvalue weighted by Gasteiger charge is -2.06. The largest absolute Gasteiger partial charge is 0.618 e. The maximum atomic E-state index is 11.8. The van der Waals surface area contributed by atoms with Crippen LogP contribution in [-0.4, -0.2) is 10.9 Å². The van der Waals surface area contributed by atoms with E-state index in [2.05, 4.69) is 10.3 Å². The van der Waals surface area contributed by atoms with Gasteiger partial charge in [-0.25, -0.2) is 4.98 Å². The topological polar surface area (TPSA) is 68.9 Å². The molecule has 5 heteroatoms. The van der Waals surface area contributed by atoms with Crippen molar-refractivity contribution in [1.29, 1.82) is 0 Å². The summed E-state index contributed by atoms with van der Waals surface area (Å²) in [6, 6.07) is 8.27. The minimum atomic E-state index is -0.470. The average Bonchev–Trinajstić information content (AvgIpc) is 2.32. The van der Waals surface area contributed by atoms with Gasteiger partial charge in [-0.2, -0.15) is 4.73 Å². The summed E-state index contributed by atoms with van der Waals surface area (Å²) >= 11 is 0. The molecule has 0 fully saturated rings. The second-order valence-corrected chi connectivity index (χ2v) is 3.53. The Morgan fingerprint density at radius 2 is 2.18 bits per heavy atom. The van der Waals surface area contributed by atoms with Crippen LogP contribution in [0.15, 0.2) is 42.7 Å². The van der Waals surface area contributed by atoms with E-state index < -0.39 is 5.91 Å². The van der Waals surface area contributed by atoms with Crippen molar-refractivity contribution in [3.8, 4) is 0 Å². The van der Waals surface area contributed by atoms with Crippen LogP contribution in [0.2, 0.25) is 0 Å². The third-order valence-corrected chi connectivity index (χ3v) is 2.30. The smallest absolute Gasteiger partial charge is 0.322 e. The van der Waals surface area contributed by atoms with E-state index in [0.717, 1.165) is 5.56 Å². The molecular weight excluding hydrogens is 218 g/mol. The highest BCUT2D eigenvalue weighted by Gasteiger charge is 2.15. The van der Waals surface area contributed by atoms with Crippen LogP contribution in [0.5, 0.6) is 0 Å². The molecule has 0 bridgehead atoms. The maximum absolute atomic E-state index is 11.8. The van der Waals surface area contributed by atoms with Crippen molar-refractivity contribution in [2.45, 2.75) is 6.92 Å². The van der Waals surface area contributed by atoms with E-state index in [4.69, 9.17) is 0 Å². The molecule has 0 aliphatic heterocycles. The van der Waals surface area contributed by atoms with Crippen molar-refractivity contribution in [2.24, 2.45) is 0 Å². The van der Waals surface area contributed by atoms with Gasteiger partial charge < -0.3 is 10.5 Å². The van der Waals surface area contributed by atoms with Crippen LogP contribution in [0.3, 0.4) is 0 Å². The van der Waals surface area contributed by atoms with E-state index in [1.54, 1.807) is 24.4 Å². The van der Waals surface area contributed by atoms with Gasteiger partial charge in [-0.05, 0) is 24.6 Å². The molecule has 1 N–H and O–H groups in total. The summed E-state index contributed by atoms with van der Waals surface area (Å²) in [6.07, 6.45) is 2.86. The second kappa shape index (κ2) is 4.61. The summed E-state index contributed by atoms with van der Waals surface area (Å²) in [5.74, 6) is -0.0104. The molecule has 5 nitrogen and oxygen atoms in total. The van der Waals surface area contributed by atoms with Gasteiger partial charge in [0.2, 0.25) is 0 Å². The number of nitrogens with one attached hydrogen (secondary N) is 1. The summed E-state index contributed by atoms with van der Waals surface area (Å²) in [7, 11) is 0.